The number of ether oxygens (including phenoxy) is 12. The number of fused-ring (bicyclic) bond motifs is 7. The van der Waals surface area contributed by atoms with Crippen LogP contribution in [-0.4, -0.2) is 327 Å². The van der Waals surface area contributed by atoms with Gasteiger partial charge in [0.15, 0.2) is 31.5 Å². The van der Waals surface area contributed by atoms with Crippen LogP contribution in [0.4, 0.5) is 0 Å². The number of aliphatic hydroxyl groups is 19. The van der Waals surface area contributed by atoms with Crippen LogP contribution in [0.15, 0.2) is 11.6 Å². The highest BCUT2D eigenvalue weighted by atomic mass is 16.8. The Balaban J connectivity index is 0.772. The highest BCUT2D eigenvalue weighted by Gasteiger charge is 2.71. The summed E-state index contributed by atoms with van der Waals surface area (Å²) in [5.41, 5.74) is -2.30. The third kappa shape index (κ3) is 13.2. The lowest BCUT2D eigenvalue weighted by Gasteiger charge is -2.71. The number of esters is 1. The summed E-state index contributed by atoms with van der Waals surface area (Å²) in [4.78, 5) is 15.2. The van der Waals surface area contributed by atoms with Crippen molar-refractivity contribution in [3.63, 3.8) is 0 Å². The zero-order chi connectivity index (χ0) is 70.7. The maximum absolute atomic E-state index is 15.2. The second-order valence-corrected chi connectivity index (χ2v) is 31.3. The summed E-state index contributed by atoms with van der Waals surface area (Å²) in [5, 5.41) is 206. The fourth-order valence-electron chi connectivity index (χ4n) is 19.0. The van der Waals surface area contributed by atoms with E-state index in [1.165, 1.54) is 6.92 Å². The van der Waals surface area contributed by atoms with Crippen molar-refractivity contribution in [3.05, 3.63) is 11.6 Å². The van der Waals surface area contributed by atoms with Gasteiger partial charge >= 0.3 is 5.97 Å². The normalized spacial score (nSPS) is 54.7. The average molecular weight is 1400 g/mol. The number of hydrogen-bond donors (Lipinski definition) is 19. The van der Waals surface area contributed by atoms with Crippen molar-refractivity contribution in [2.45, 2.75) is 297 Å². The zero-order valence-electron chi connectivity index (χ0n) is 55.7. The van der Waals surface area contributed by atoms with Gasteiger partial charge in [-0.3, -0.25) is 4.79 Å². The van der Waals surface area contributed by atoms with Gasteiger partial charge in [-0.05, 0) is 111 Å². The standard InChI is InChI=1S/C65H106O32/c1-25-36(71)51(95-55-48(83)44(79)50(31(21-68)91-55)94-54-46(81)42(77)39(74)30(20-67)90-54)49(84)57(88-25)96-52-37(72)28(70)22-86-58(52)93-35-11-12-61(4)33(62(35,5)24-69)10-13-64(7)34(61)9-8-26-27-18-60(2,3)14-16-65(27,17-15-63(26,64)6)59(85)97-56-47(82)43(78)40(75)32(92-56)23-87-53-45(80)41(76)38(73)29(19-66)89-53/h8,25,27-58,66-84H,9-24H2,1-7H3/t25-,27-,28-,29+,30+,31+,32+,33?,34+,35-,36-,37-,38+,39+,40+,41-,42-,43-,44+,45+,46+,47+,48+,49+,50+,51+,52+,53+,54-,55-,56-,57-,58-,61-,62-,63+,64+,65-/m0/s1. The fourth-order valence-corrected chi connectivity index (χ4v) is 19.0. The lowest BCUT2D eigenvalue weighted by atomic mass is 9.33. The van der Waals surface area contributed by atoms with Gasteiger partial charge in [0, 0.05) is 5.41 Å². The van der Waals surface area contributed by atoms with Crippen molar-refractivity contribution in [2.75, 3.05) is 39.6 Å². The van der Waals surface area contributed by atoms with Crippen LogP contribution in [0.25, 0.3) is 0 Å². The molecule has 4 saturated carbocycles. The quantitative estimate of drug-likeness (QED) is 0.0366. The van der Waals surface area contributed by atoms with E-state index in [-0.39, 0.29) is 35.2 Å². The van der Waals surface area contributed by atoms with E-state index in [4.69, 9.17) is 56.8 Å². The van der Waals surface area contributed by atoms with Gasteiger partial charge in [0.2, 0.25) is 6.29 Å². The summed E-state index contributed by atoms with van der Waals surface area (Å²) in [5.74, 6) is -1.05. The van der Waals surface area contributed by atoms with Crippen LogP contribution in [0.3, 0.4) is 0 Å². The molecule has 6 heterocycles. The van der Waals surface area contributed by atoms with E-state index in [2.05, 4.69) is 40.7 Å². The summed E-state index contributed by atoms with van der Waals surface area (Å²) in [7, 11) is 0. The number of rotatable bonds is 17. The van der Waals surface area contributed by atoms with E-state index in [1.807, 2.05) is 6.92 Å². The SMILES string of the molecule is C[C@@H]1O[C@@H](O[C@H]2[C@H](O[C@H]3CC[C@@]4(C)C(CC[C@]5(C)[C@@H]4CC=C4[C@@H]6CC(C)(C)CC[C@]6(C(=O)O[C@@H]6O[C@H](CO[C@@H]7O[C@H](CO)[C@@H](O)[C@H](O)[C@H]7O)[C@@H](O)[C@H](O)[C@H]6O)CC[C@]45C)[C@]3(C)CO)OC[C@H](O)[C@@H]2O)[C@H](O)[C@H](O[C@@H]2O[C@H](CO)[C@@H](O[C@@H]3O[C@H](CO)[C@@H](O)[C@H](O)[C@H]3O)[C@H](O)[C@H]2O)[C@H]1O. The van der Waals surface area contributed by atoms with Gasteiger partial charge in [-0.25, -0.2) is 0 Å². The minimum atomic E-state index is -2.06. The molecule has 0 aromatic carbocycles. The van der Waals surface area contributed by atoms with E-state index < -0.39 is 245 Å². The largest absolute Gasteiger partial charge is 0.432 e. The Kier molecular flexibility index (Phi) is 22.6. The van der Waals surface area contributed by atoms with E-state index in [1.54, 1.807) is 0 Å². The first kappa shape index (κ1) is 76.1. The molecule has 11 rings (SSSR count). The van der Waals surface area contributed by atoms with Crippen molar-refractivity contribution in [1.82, 2.24) is 0 Å². The van der Waals surface area contributed by atoms with Crippen LogP contribution in [0.1, 0.15) is 113 Å². The summed E-state index contributed by atoms with van der Waals surface area (Å²) in [6.07, 6.45) is -42.2. The highest BCUT2D eigenvalue weighted by molar-refractivity contribution is 5.79. The predicted octanol–water partition coefficient (Wildman–Crippen LogP) is -5.75. The molecular weight excluding hydrogens is 1290 g/mol. The van der Waals surface area contributed by atoms with Crippen LogP contribution in [-0.2, 0) is 61.6 Å². The molecule has 11 aliphatic rings. The van der Waals surface area contributed by atoms with Crippen LogP contribution in [0.2, 0.25) is 0 Å². The lowest BCUT2D eigenvalue weighted by Crippen LogP contribution is -2.67. The van der Waals surface area contributed by atoms with E-state index >= 15 is 4.79 Å². The molecule has 0 aromatic rings. The first-order chi connectivity index (χ1) is 45.6. The highest BCUT2D eigenvalue weighted by Crippen LogP contribution is 2.76. The number of carbonyl (C=O) groups excluding carboxylic acids is 1. The molecule has 0 bridgehead atoms. The van der Waals surface area contributed by atoms with Crippen molar-refractivity contribution < 1.29 is 159 Å². The summed E-state index contributed by atoms with van der Waals surface area (Å²) < 4.78 is 71.2. The van der Waals surface area contributed by atoms with Crippen molar-refractivity contribution >= 4 is 5.97 Å². The molecule has 97 heavy (non-hydrogen) atoms. The monoisotopic (exact) mass is 1400 g/mol. The molecule has 6 saturated heterocycles. The minimum absolute atomic E-state index is 0.0526. The van der Waals surface area contributed by atoms with E-state index in [9.17, 15) is 97.0 Å². The second kappa shape index (κ2) is 28.8. The molecule has 1 unspecified atom stereocenters. The maximum atomic E-state index is 15.2. The van der Waals surface area contributed by atoms with Crippen molar-refractivity contribution in [1.29, 1.82) is 0 Å². The molecule has 19 N–H and O–H groups in total. The predicted molar refractivity (Wildman–Crippen MR) is 322 cm³/mol. The molecule has 5 aliphatic carbocycles. The first-order valence-corrected chi connectivity index (χ1v) is 34.3. The molecule has 0 spiro atoms. The summed E-state index contributed by atoms with van der Waals surface area (Å²) in [6.45, 7) is 10.9. The molecule has 0 aromatic heterocycles. The Morgan fingerprint density at radius 1 is 0.495 bits per heavy atom. The van der Waals surface area contributed by atoms with Gasteiger partial charge < -0.3 is 154 Å². The Morgan fingerprint density at radius 3 is 1.66 bits per heavy atom. The number of aliphatic hydroxyl groups excluding tert-OH is 19. The number of allylic oxidation sites excluding steroid dienone is 2. The number of hydrogen-bond acceptors (Lipinski definition) is 32. The van der Waals surface area contributed by atoms with Crippen LogP contribution in [0, 0.1) is 50.2 Å². The van der Waals surface area contributed by atoms with Crippen LogP contribution in [0.5, 0.6) is 0 Å². The van der Waals surface area contributed by atoms with Crippen molar-refractivity contribution in [3.8, 4) is 0 Å². The zero-order valence-corrected chi connectivity index (χ0v) is 55.7. The molecule has 558 valence electrons. The van der Waals surface area contributed by atoms with E-state index in [0.29, 0.717) is 57.8 Å². The molecule has 0 radical (unpaired) electrons. The second-order valence-electron chi connectivity index (χ2n) is 31.3. The summed E-state index contributed by atoms with van der Waals surface area (Å²) >= 11 is 0. The Morgan fingerprint density at radius 2 is 1.03 bits per heavy atom. The lowest BCUT2D eigenvalue weighted by molar-refractivity contribution is -0.390. The molecule has 6 aliphatic heterocycles. The Bertz CT molecular complexity index is 2710. The molecule has 38 atom stereocenters. The van der Waals surface area contributed by atoms with Gasteiger partial charge in [0.1, 0.15) is 134 Å². The Hall–Kier alpha value is -1.99. The van der Waals surface area contributed by atoms with Gasteiger partial charge in [-0.1, -0.05) is 53.2 Å². The van der Waals surface area contributed by atoms with Crippen LogP contribution >= 0.6 is 0 Å². The topological polar surface area (TPSA) is 512 Å². The first-order valence-electron chi connectivity index (χ1n) is 34.3. The summed E-state index contributed by atoms with van der Waals surface area (Å²) in [6, 6.07) is 0. The minimum Gasteiger partial charge on any atom is -0.432 e. The van der Waals surface area contributed by atoms with Gasteiger partial charge in [-0.15, -0.1) is 0 Å². The van der Waals surface area contributed by atoms with E-state index in [0.717, 1.165) is 12.0 Å². The molecule has 32 heteroatoms. The third-order valence-electron chi connectivity index (χ3n) is 25.3. The Labute approximate surface area is 561 Å². The van der Waals surface area contributed by atoms with Gasteiger partial charge in [-0.2, -0.15) is 0 Å². The molecule has 0 amide bonds. The van der Waals surface area contributed by atoms with Crippen LogP contribution < -0.4 is 0 Å². The smallest absolute Gasteiger partial charge is 0.315 e. The molecular formula is C65H106O32. The van der Waals surface area contributed by atoms with Gasteiger partial charge in [0.05, 0.1) is 57.3 Å². The van der Waals surface area contributed by atoms with Crippen molar-refractivity contribution in [2.24, 2.45) is 50.2 Å². The average Bonchev–Trinajstić information content (AvgIpc) is 0.675. The maximum Gasteiger partial charge on any atom is 0.315 e. The molecule has 10 fully saturated rings. The number of carbonyl (C=O) groups is 1. The third-order valence-corrected chi connectivity index (χ3v) is 25.3. The molecule has 32 nitrogen and oxygen atoms in total. The van der Waals surface area contributed by atoms with Gasteiger partial charge in [0.25, 0.3) is 0 Å². The fraction of sp³-hybridized carbons (Fsp3) is 0.954.